The molecule has 0 aliphatic rings. The second-order valence-corrected chi connectivity index (χ2v) is 7.56. The summed E-state index contributed by atoms with van der Waals surface area (Å²) in [5, 5.41) is 3.89. The van der Waals surface area contributed by atoms with Crippen molar-refractivity contribution in [2.24, 2.45) is 0 Å². The van der Waals surface area contributed by atoms with Crippen LogP contribution in [0.4, 0.5) is 0 Å². The van der Waals surface area contributed by atoms with E-state index in [0.29, 0.717) is 16.2 Å². The molecule has 1 amide bonds. The number of hydrogen-bond donors (Lipinski definition) is 1. The lowest BCUT2D eigenvalue weighted by molar-refractivity contribution is 0.0979. The summed E-state index contributed by atoms with van der Waals surface area (Å²) in [4.78, 5) is 12.7. The van der Waals surface area contributed by atoms with E-state index < -0.39 is 15.9 Å². The quantitative estimate of drug-likeness (QED) is 0.840. The number of thioether (sulfide) groups is 1. The largest absolute Gasteiger partial charge is 0.361 e. The number of carbonyl (C=O) groups is 1. The van der Waals surface area contributed by atoms with Crippen LogP contribution in [-0.4, -0.2) is 25.7 Å². The Bertz CT molecular complexity index is 777. The molecule has 0 spiro atoms. The van der Waals surface area contributed by atoms with Gasteiger partial charge in [0.1, 0.15) is 5.76 Å². The highest BCUT2D eigenvalue weighted by Gasteiger charge is 2.16. The molecule has 2 aromatic rings. The SMILES string of the molecule is Cc1noc(C)c1CSc1ccccc1C(=O)NS(C)(=O)=O. The lowest BCUT2D eigenvalue weighted by Gasteiger charge is -2.08. The number of hydrogen-bond acceptors (Lipinski definition) is 6. The highest BCUT2D eigenvalue weighted by Crippen LogP contribution is 2.28. The van der Waals surface area contributed by atoms with Gasteiger partial charge in [-0.3, -0.25) is 4.79 Å². The molecular weight excluding hydrogens is 324 g/mol. The normalized spacial score (nSPS) is 11.4. The van der Waals surface area contributed by atoms with Crippen molar-refractivity contribution in [3.8, 4) is 0 Å². The van der Waals surface area contributed by atoms with Crippen molar-refractivity contribution >= 4 is 27.7 Å². The van der Waals surface area contributed by atoms with Gasteiger partial charge < -0.3 is 4.52 Å². The minimum absolute atomic E-state index is 0.324. The van der Waals surface area contributed by atoms with E-state index in [-0.39, 0.29) is 0 Å². The third-order valence-corrected chi connectivity index (χ3v) is 4.62. The Morgan fingerprint density at radius 1 is 1.32 bits per heavy atom. The molecule has 0 aliphatic heterocycles. The first kappa shape index (κ1) is 16.6. The first-order valence-electron chi connectivity index (χ1n) is 6.43. The molecule has 0 aliphatic carbocycles. The van der Waals surface area contributed by atoms with Crippen LogP contribution >= 0.6 is 11.8 Å². The monoisotopic (exact) mass is 340 g/mol. The summed E-state index contributed by atoms with van der Waals surface area (Å²) in [5.41, 5.74) is 2.11. The molecule has 1 aromatic carbocycles. The van der Waals surface area contributed by atoms with Crippen LogP contribution in [0.5, 0.6) is 0 Å². The van der Waals surface area contributed by atoms with Gasteiger partial charge in [-0.05, 0) is 26.0 Å². The Balaban J connectivity index is 2.20. The maximum atomic E-state index is 12.0. The molecule has 0 saturated heterocycles. The average molecular weight is 340 g/mol. The fraction of sp³-hybridized carbons (Fsp3) is 0.286. The van der Waals surface area contributed by atoms with E-state index in [0.717, 1.165) is 23.3 Å². The standard InChI is InChI=1S/C14H16N2O4S2/c1-9-12(10(2)20-15-9)8-21-13-7-5-4-6-11(13)14(17)16-22(3,18)19/h4-7H,8H2,1-3H3,(H,16,17). The van der Waals surface area contributed by atoms with Crippen molar-refractivity contribution in [2.45, 2.75) is 24.5 Å². The number of rotatable bonds is 5. The van der Waals surface area contributed by atoms with Crippen molar-refractivity contribution < 1.29 is 17.7 Å². The Hall–Kier alpha value is -1.80. The van der Waals surface area contributed by atoms with Crippen molar-refractivity contribution in [3.63, 3.8) is 0 Å². The number of aromatic nitrogens is 1. The fourth-order valence-electron chi connectivity index (χ4n) is 1.86. The highest BCUT2D eigenvalue weighted by molar-refractivity contribution is 7.98. The van der Waals surface area contributed by atoms with Gasteiger partial charge in [0.2, 0.25) is 10.0 Å². The average Bonchev–Trinajstić information content (AvgIpc) is 2.74. The number of nitrogens with one attached hydrogen (secondary N) is 1. The second kappa shape index (κ2) is 6.53. The van der Waals surface area contributed by atoms with Gasteiger partial charge in [-0.2, -0.15) is 0 Å². The number of aryl methyl sites for hydroxylation is 2. The van der Waals surface area contributed by atoms with Gasteiger partial charge in [0, 0.05) is 16.2 Å². The number of sulfonamides is 1. The van der Waals surface area contributed by atoms with Crippen LogP contribution in [-0.2, 0) is 15.8 Å². The molecular formula is C14H16N2O4S2. The number of nitrogens with zero attached hydrogens (tertiary/aromatic N) is 1. The summed E-state index contributed by atoms with van der Waals surface area (Å²) in [5.74, 6) is 0.692. The van der Waals surface area contributed by atoms with Crippen molar-refractivity contribution in [1.82, 2.24) is 9.88 Å². The molecule has 0 fully saturated rings. The van der Waals surface area contributed by atoms with Gasteiger partial charge in [0.25, 0.3) is 5.91 Å². The topological polar surface area (TPSA) is 89.3 Å². The zero-order chi connectivity index (χ0) is 16.3. The van der Waals surface area contributed by atoms with Crippen LogP contribution < -0.4 is 4.72 Å². The smallest absolute Gasteiger partial charge is 0.265 e. The molecule has 0 saturated carbocycles. The summed E-state index contributed by atoms with van der Waals surface area (Å²) in [6.07, 6.45) is 0.949. The van der Waals surface area contributed by atoms with Gasteiger partial charge in [-0.25, -0.2) is 13.1 Å². The van der Waals surface area contributed by atoms with Crippen LogP contribution in [0, 0.1) is 13.8 Å². The van der Waals surface area contributed by atoms with Gasteiger partial charge in [-0.15, -0.1) is 11.8 Å². The van der Waals surface area contributed by atoms with Crippen molar-refractivity contribution in [2.75, 3.05) is 6.26 Å². The van der Waals surface area contributed by atoms with E-state index in [4.69, 9.17) is 4.52 Å². The zero-order valence-corrected chi connectivity index (χ0v) is 14.0. The first-order valence-corrected chi connectivity index (χ1v) is 9.31. The molecule has 2 rings (SSSR count). The highest BCUT2D eigenvalue weighted by atomic mass is 32.2. The van der Waals surface area contributed by atoms with Crippen LogP contribution in [0.2, 0.25) is 0 Å². The number of carbonyl (C=O) groups excluding carboxylic acids is 1. The maximum Gasteiger partial charge on any atom is 0.265 e. The third-order valence-electron chi connectivity index (χ3n) is 2.96. The van der Waals surface area contributed by atoms with Gasteiger partial charge >= 0.3 is 0 Å². The lowest BCUT2D eigenvalue weighted by Crippen LogP contribution is -2.29. The van der Waals surface area contributed by atoms with Crippen LogP contribution in [0.3, 0.4) is 0 Å². The molecule has 0 atom stereocenters. The van der Waals surface area contributed by atoms with E-state index in [1.807, 2.05) is 18.6 Å². The summed E-state index contributed by atoms with van der Waals surface area (Å²) in [7, 11) is -3.59. The lowest BCUT2D eigenvalue weighted by atomic mass is 10.2. The van der Waals surface area contributed by atoms with E-state index in [2.05, 4.69) is 5.16 Å². The molecule has 0 bridgehead atoms. The fourth-order valence-corrected chi connectivity index (χ4v) is 3.51. The molecule has 8 heteroatoms. The van der Waals surface area contributed by atoms with Crippen LogP contribution in [0.15, 0.2) is 33.7 Å². The predicted molar refractivity (Wildman–Crippen MR) is 84.3 cm³/mol. The molecule has 1 N–H and O–H groups in total. The molecule has 118 valence electrons. The minimum atomic E-state index is -3.59. The van der Waals surface area contributed by atoms with E-state index in [1.54, 1.807) is 24.3 Å². The Morgan fingerprint density at radius 2 is 2.00 bits per heavy atom. The Kier molecular flexibility index (Phi) is 4.92. The second-order valence-electron chi connectivity index (χ2n) is 4.79. The van der Waals surface area contributed by atoms with Gasteiger partial charge in [-0.1, -0.05) is 17.3 Å². The van der Waals surface area contributed by atoms with Crippen LogP contribution in [0.1, 0.15) is 27.4 Å². The van der Waals surface area contributed by atoms with E-state index in [9.17, 15) is 13.2 Å². The maximum absolute atomic E-state index is 12.0. The van der Waals surface area contributed by atoms with Gasteiger partial charge in [0.05, 0.1) is 17.5 Å². The summed E-state index contributed by atoms with van der Waals surface area (Å²) in [6, 6.07) is 6.86. The molecule has 6 nitrogen and oxygen atoms in total. The molecule has 22 heavy (non-hydrogen) atoms. The third kappa shape index (κ3) is 4.11. The Labute approximate surface area is 133 Å². The first-order chi connectivity index (χ1) is 10.3. The number of benzene rings is 1. The van der Waals surface area contributed by atoms with Crippen molar-refractivity contribution in [3.05, 3.63) is 46.8 Å². The molecule has 0 radical (unpaired) electrons. The zero-order valence-electron chi connectivity index (χ0n) is 12.4. The van der Waals surface area contributed by atoms with E-state index in [1.165, 1.54) is 11.8 Å². The molecule has 1 heterocycles. The number of amides is 1. The summed E-state index contributed by atoms with van der Waals surface area (Å²) in [6.45, 7) is 3.69. The predicted octanol–water partition coefficient (Wildman–Crippen LogP) is 2.27. The molecule has 1 aromatic heterocycles. The van der Waals surface area contributed by atoms with Gasteiger partial charge in [0.15, 0.2) is 0 Å². The van der Waals surface area contributed by atoms with Crippen molar-refractivity contribution in [1.29, 1.82) is 0 Å². The summed E-state index contributed by atoms with van der Waals surface area (Å²) < 4.78 is 29.5. The summed E-state index contributed by atoms with van der Waals surface area (Å²) >= 11 is 1.43. The molecule has 0 unspecified atom stereocenters. The Morgan fingerprint density at radius 3 is 2.59 bits per heavy atom. The minimum Gasteiger partial charge on any atom is -0.361 e. The van der Waals surface area contributed by atoms with Crippen LogP contribution in [0.25, 0.3) is 0 Å². The van der Waals surface area contributed by atoms with E-state index >= 15 is 0 Å².